The summed E-state index contributed by atoms with van der Waals surface area (Å²) in [4.78, 5) is 24.2. The van der Waals surface area contributed by atoms with E-state index < -0.39 is 5.82 Å². The summed E-state index contributed by atoms with van der Waals surface area (Å²) >= 11 is 5.91. The van der Waals surface area contributed by atoms with Crippen molar-refractivity contribution >= 4 is 23.4 Å². The van der Waals surface area contributed by atoms with E-state index in [1.165, 1.54) is 19.2 Å². The van der Waals surface area contributed by atoms with E-state index in [9.17, 15) is 14.0 Å². The van der Waals surface area contributed by atoms with Gasteiger partial charge in [-0.05, 0) is 19.2 Å². The Morgan fingerprint density at radius 1 is 1.35 bits per heavy atom. The van der Waals surface area contributed by atoms with Crippen LogP contribution in [0, 0.1) is 5.82 Å². The largest absolute Gasteiger partial charge is 0.358 e. The van der Waals surface area contributed by atoms with Crippen molar-refractivity contribution in [1.82, 2.24) is 15.5 Å². The van der Waals surface area contributed by atoms with Crippen LogP contribution in [0.25, 0.3) is 0 Å². The first-order chi connectivity index (χ1) is 9.43. The van der Waals surface area contributed by atoms with Crippen molar-refractivity contribution in [3.8, 4) is 0 Å². The average molecular weight is 302 g/mol. The molecule has 7 heteroatoms. The van der Waals surface area contributed by atoms with Crippen molar-refractivity contribution < 1.29 is 14.0 Å². The molecule has 0 aliphatic rings. The first-order valence-electron chi connectivity index (χ1n) is 6.02. The van der Waals surface area contributed by atoms with Crippen molar-refractivity contribution in [3.05, 3.63) is 34.6 Å². The Labute approximate surface area is 122 Å². The molecule has 1 rings (SSSR count). The van der Waals surface area contributed by atoms with Crippen LogP contribution in [-0.2, 0) is 16.1 Å². The number of amides is 2. The van der Waals surface area contributed by atoms with Crippen molar-refractivity contribution in [2.24, 2.45) is 0 Å². The highest BCUT2D eigenvalue weighted by molar-refractivity contribution is 6.31. The fraction of sp³-hybridized carbons (Fsp3) is 0.385. The number of carbonyl (C=O) groups excluding carboxylic acids is 2. The number of hydrogen-bond acceptors (Lipinski definition) is 3. The zero-order valence-electron chi connectivity index (χ0n) is 11.4. The quantitative estimate of drug-likeness (QED) is 0.816. The van der Waals surface area contributed by atoms with Gasteiger partial charge in [-0.25, -0.2) is 4.39 Å². The lowest BCUT2D eigenvalue weighted by molar-refractivity contribution is -0.126. The van der Waals surface area contributed by atoms with Crippen molar-refractivity contribution in [1.29, 1.82) is 0 Å². The fourth-order valence-electron chi connectivity index (χ4n) is 1.58. The number of rotatable bonds is 6. The van der Waals surface area contributed by atoms with Crippen LogP contribution in [0.2, 0.25) is 5.02 Å². The molecule has 0 saturated heterocycles. The van der Waals surface area contributed by atoms with E-state index in [0.29, 0.717) is 10.6 Å². The summed E-state index contributed by atoms with van der Waals surface area (Å²) in [6, 6.07) is 4.44. The van der Waals surface area contributed by atoms with Gasteiger partial charge in [0.1, 0.15) is 5.82 Å². The molecule has 0 bridgehead atoms. The average Bonchev–Trinajstić information content (AvgIpc) is 2.40. The van der Waals surface area contributed by atoms with Crippen LogP contribution >= 0.6 is 11.6 Å². The lowest BCUT2D eigenvalue weighted by Gasteiger charge is -2.17. The maximum absolute atomic E-state index is 13.6. The second kappa shape index (κ2) is 7.81. The summed E-state index contributed by atoms with van der Waals surface area (Å²) in [6.07, 6.45) is 0. The molecule has 0 fully saturated rings. The van der Waals surface area contributed by atoms with Crippen molar-refractivity contribution in [2.75, 3.05) is 27.2 Å². The van der Waals surface area contributed by atoms with Gasteiger partial charge in [-0.15, -0.1) is 0 Å². The molecule has 0 unspecified atom stereocenters. The summed E-state index contributed by atoms with van der Waals surface area (Å²) in [5.74, 6) is -1.00. The molecule has 0 aliphatic heterocycles. The lowest BCUT2D eigenvalue weighted by atomic mass is 10.2. The van der Waals surface area contributed by atoms with Gasteiger partial charge in [-0.1, -0.05) is 17.7 Å². The molecule has 0 aliphatic carbocycles. The zero-order chi connectivity index (χ0) is 15.1. The van der Waals surface area contributed by atoms with E-state index in [2.05, 4.69) is 10.6 Å². The second-order valence-corrected chi connectivity index (χ2v) is 4.73. The summed E-state index contributed by atoms with van der Waals surface area (Å²) in [5.41, 5.74) is 0.343. The van der Waals surface area contributed by atoms with Crippen molar-refractivity contribution in [3.63, 3.8) is 0 Å². The normalized spacial score (nSPS) is 10.4. The molecule has 1 aromatic carbocycles. The Morgan fingerprint density at radius 2 is 2.05 bits per heavy atom. The van der Waals surface area contributed by atoms with Crippen molar-refractivity contribution in [2.45, 2.75) is 6.54 Å². The van der Waals surface area contributed by atoms with E-state index in [4.69, 9.17) is 11.6 Å². The van der Waals surface area contributed by atoms with Crippen LogP contribution < -0.4 is 10.6 Å². The Bertz CT molecular complexity index is 476. The standard InChI is InChI=1S/C13H17ClFN3O2/c1-16-12(19)6-17-13(20)8-18(2)7-9-10(14)4-3-5-11(9)15/h3-5H,6-8H2,1-2H3,(H,16,19)(H,17,20). The molecule has 0 heterocycles. The van der Waals surface area contributed by atoms with Gasteiger partial charge in [0.25, 0.3) is 0 Å². The Hall–Kier alpha value is -1.66. The van der Waals surface area contributed by atoms with E-state index in [1.807, 2.05) is 0 Å². The van der Waals surface area contributed by atoms with Gasteiger partial charge in [0.05, 0.1) is 13.1 Å². The topological polar surface area (TPSA) is 61.4 Å². The number of carbonyl (C=O) groups is 2. The molecule has 20 heavy (non-hydrogen) atoms. The first kappa shape index (κ1) is 16.4. The number of halogens is 2. The first-order valence-corrected chi connectivity index (χ1v) is 6.40. The summed E-state index contributed by atoms with van der Waals surface area (Å²) < 4.78 is 13.6. The van der Waals surface area contributed by atoms with Gasteiger partial charge in [0.2, 0.25) is 11.8 Å². The molecule has 0 aromatic heterocycles. The predicted molar refractivity (Wildman–Crippen MR) is 74.8 cm³/mol. The lowest BCUT2D eigenvalue weighted by Crippen LogP contribution is -2.40. The van der Waals surface area contributed by atoms with Crippen LogP contribution in [0.4, 0.5) is 4.39 Å². The highest BCUT2D eigenvalue weighted by atomic mass is 35.5. The summed E-state index contributed by atoms with van der Waals surface area (Å²) in [7, 11) is 3.16. The highest BCUT2D eigenvalue weighted by Gasteiger charge is 2.12. The minimum atomic E-state index is -0.407. The van der Waals surface area contributed by atoms with Crippen LogP contribution in [-0.4, -0.2) is 43.9 Å². The third kappa shape index (κ3) is 5.14. The van der Waals surface area contributed by atoms with Crippen LogP contribution in [0.1, 0.15) is 5.56 Å². The number of hydrogen-bond donors (Lipinski definition) is 2. The third-order valence-corrected chi connectivity index (χ3v) is 2.98. The molecule has 0 atom stereocenters. The Morgan fingerprint density at radius 3 is 2.65 bits per heavy atom. The van der Waals surface area contributed by atoms with Gasteiger partial charge >= 0.3 is 0 Å². The minimum absolute atomic E-state index is 0.0433. The number of nitrogens with zero attached hydrogens (tertiary/aromatic N) is 1. The van der Waals surface area contributed by atoms with Gasteiger partial charge in [0.15, 0.2) is 0 Å². The smallest absolute Gasteiger partial charge is 0.239 e. The van der Waals surface area contributed by atoms with Crippen LogP contribution in [0.3, 0.4) is 0 Å². The number of benzene rings is 1. The Balaban J connectivity index is 2.49. The third-order valence-electron chi connectivity index (χ3n) is 2.63. The molecular weight excluding hydrogens is 285 g/mol. The second-order valence-electron chi connectivity index (χ2n) is 4.32. The maximum Gasteiger partial charge on any atom is 0.239 e. The van der Waals surface area contributed by atoms with E-state index in [-0.39, 0.29) is 31.4 Å². The SMILES string of the molecule is CNC(=O)CNC(=O)CN(C)Cc1c(F)cccc1Cl. The van der Waals surface area contributed by atoms with Gasteiger partial charge in [-0.3, -0.25) is 14.5 Å². The monoisotopic (exact) mass is 301 g/mol. The van der Waals surface area contributed by atoms with E-state index in [0.717, 1.165) is 0 Å². The molecule has 0 radical (unpaired) electrons. The summed E-state index contributed by atoms with van der Waals surface area (Å²) in [5, 5.41) is 5.18. The molecule has 5 nitrogen and oxygen atoms in total. The molecule has 0 saturated carbocycles. The zero-order valence-corrected chi connectivity index (χ0v) is 12.1. The predicted octanol–water partition coefficient (Wildman–Crippen LogP) is 0.773. The Kier molecular flexibility index (Phi) is 6.41. The maximum atomic E-state index is 13.6. The van der Waals surface area contributed by atoms with Crippen LogP contribution in [0.5, 0.6) is 0 Å². The van der Waals surface area contributed by atoms with E-state index >= 15 is 0 Å². The van der Waals surface area contributed by atoms with E-state index in [1.54, 1.807) is 18.0 Å². The van der Waals surface area contributed by atoms with Crippen LogP contribution in [0.15, 0.2) is 18.2 Å². The number of likely N-dealkylation sites (N-methyl/N-ethyl adjacent to an activating group) is 2. The highest BCUT2D eigenvalue weighted by Crippen LogP contribution is 2.20. The molecule has 0 spiro atoms. The fourth-order valence-corrected chi connectivity index (χ4v) is 1.80. The number of nitrogens with one attached hydrogen (secondary N) is 2. The summed E-state index contributed by atoms with van der Waals surface area (Å²) in [6.45, 7) is 0.171. The molecule has 1 aromatic rings. The minimum Gasteiger partial charge on any atom is -0.358 e. The van der Waals surface area contributed by atoms with Gasteiger partial charge in [-0.2, -0.15) is 0 Å². The van der Waals surface area contributed by atoms with Gasteiger partial charge in [0, 0.05) is 24.2 Å². The molecular formula is C13H17ClFN3O2. The molecule has 110 valence electrons. The molecule has 2 amide bonds. The molecule has 2 N–H and O–H groups in total. The van der Waals surface area contributed by atoms with Gasteiger partial charge < -0.3 is 10.6 Å².